The Morgan fingerprint density at radius 3 is 2.64 bits per heavy atom. The van der Waals surface area contributed by atoms with E-state index < -0.39 is 6.10 Å². The van der Waals surface area contributed by atoms with Crippen molar-refractivity contribution in [3.8, 4) is 5.75 Å². The molecule has 0 spiro atoms. The van der Waals surface area contributed by atoms with Gasteiger partial charge in [0.05, 0.1) is 30.8 Å². The Morgan fingerprint density at radius 2 is 1.96 bits per heavy atom. The summed E-state index contributed by atoms with van der Waals surface area (Å²) >= 11 is 6.33. The molecule has 0 aliphatic carbocycles. The van der Waals surface area contributed by atoms with Crippen molar-refractivity contribution in [3.63, 3.8) is 0 Å². The molecular weight excluding hydrogens is 340 g/mol. The van der Waals surface area contributed by atoms with Crippen molar-refractivity contribution in [1.29, 1.82) is 0 Å². The van der Waals surface area contributed by atoms with Crippen LogP contribution in [0.1, 0.15) is 10.4 Å². The summed E-state index contributed by atoms with van der Waals surface area (Å²) in [6, 6.07) is 14.9. The Hall–Kier alpha value is -2.50. The number of aldehydes is 1. The second kappa shape index (κ2) is 7.59. The lowest BCUT2D eigenvalue weighted by Gasteiger charge is -2.15. The Balaban J connectivity index is 1.72. The van der Waals surface area contributed by atoms with Crippen LogP contribution in [0.2, 0.25) is 5.15 Å². The standard InChI is InChI=1S/C19H19ClN2O3/c1-25-15-8-6-13(7-9-15)21-10-14(24)11-22-18-5-3-2-4-16(18)17(12-23)19(22)20/h2-9,12,14,21,24H,10-11H2,1H3. The zero-order valence-corrected chi connectivity index (χ0v) is 14.5. The average Bonchev–Trinajstić information content (AvgIpc) is 2.91. The lowest BCUT2D eigenvalue weighted by atomic mass is 10.2. The molecule has 1 atom stereocenters. The first-order chi connectivity index (χ1) is 12.1. The summed E-state index contributed by atoms with van der Waals surface area (Å²) in [5.74, 6) is 0.776. The Bertz CT molecular complexity index is 874. The fourth-order valence-electron chi connectivity index (χ4n) is 2.81. The molecule has 3 aromatic rings. The quantitative estimate of drug-likeness (QED) is 0.633. The lowest BCUT2D eigenvalue weighted by molar-refractivity contribution is 0.112. The number of nitrogens with one attached hydrogen (secondary N) is 1. The third-order valence-electron chi connectivity index (χ3n) is 4.09. The molecule has 0 bridgehead atoms. The van der Waals surface area contributed by atoms with E-state index in [4.69, 9.17) is 16.3 Å². The zero-order chi connectivity index (χ0) is 17.8. The highest BCUT2D eigenvalue weighted by Crippen LogP contribution is 2.29. The van der Waals surface area contributed by atoms with Crippen molar-refractivity contribution < 1.29 is 14.6 Å². The third-order valence-corrected chi connectivity index (χ3v) is 4.49. The van der Waals surface area contributed by atoms with Crippen molar-refractivity contribution in [2.75, 3.05) is 19.0 Å². The van der Waals surface area contributed by atoms with Crippen LogP contribution in [0.25, 0.3) is 10.9 Å². The monoisotopic (exact) mass is 358 g/mol. The van der Waals surface area contributed by atoms with Crippen LogP contribution in [0.3, 0.4) is 0 Å². The minimum absolute atomic E-state index is 0.288. The van der Waals surface area contributed by atoms with E-state index in [2.05, 4.69) is 5.32 Å². The van der Waals surface area contributed by atoms with Gasteiger partial charge >= 0.3 is 0 Å². The summed E-state index contributed by atoms with van der Waals surface area (Å²) in [7, 11) is 1.62. The summed E-state index contributed by atoms with van der Waals surface area (Å²) < 4.78 is 6.88. The number of halogens is 1. The maximum Gasteiger partial charge on any atom is 0.153 e. The maximum absolute atomic E-state index is 11.3. The van der Waals surface area contributed by atoms with Crippen molar-refractivity contribution >= 4 is 34.5 Å². The van der Waals surface area contributed by atoms with Crippen molar-refractivity contribution in [1.82, 2.24) is 4.57 Å². The molecule has 0 radical (unpaired) electrons. The summed E-state index contributed by atoms with van der Waals surface area (Å²) in [4.78, 5) is 11.3. The van der Waals surface area contributed by atoms with Gasteiger partial charge in [-0.25, -0.2) is 0 Å². The van der Waals surface area contributed by atoms with E-state index in [0.29, 0.717) is 17.3 Å². The second-order valence-electron chi connectivity index (χ2n) is 5.71. The molecule has 0 fully saturated rings. The van der Waals surface area contributed by atoms with Gasteiger partial charge in [-0.15, -0.1) is 0 Å². The summed E-state index contributed by atoms with van der Waals surface area (Å²) in [6.07, 6.45) is 0.0817. The van der Waals surface area contributed by atoms with E-state index in [-0.39, 0.29) is 6.54 Å². The molecule has 2 N–H and O–H groups in total. The number of rotatable bonds is 7. The van der Waals surface area contributed by atoms with Gasteiger partial charge < -0.3 is 19.7 Å². The first-order valence-corrected chi connectivity index (χ1v) is 8.29. The number of aliphatic hydroxyl groups excluding tert-OH is 1. The maximum atomic E-state index is 11.3. The minimum Gasteiger partial charge on any atom is -0.497 e. The first kappa shape index (κ1) is 17.3. The predicted molar refractivity (Wildman–Crippen MR) is 99.8 cm³/mol. The number of fused-ring (bicyclic) bond motifs is 1. The molecule has 5 nitrogen and oxygen atoms in total. The van der Waals surface area contributed by atoms with E-state index in [1.807, 2.05) is 48.5 Å². The van der Waals surface area contributed by atoms with Crippen molar-refractivity contribution in [2.45, 2.75) is 12.6 Å². The molecule has 1 heterocycles. The average molecular weight is 359 g/mol. The van der Waals surface area contributed by atoms with E-state index in [9.17, 15) is 9.90 Å². The normalized spacial score (nSPS) is 12.1. The number of hydrogen-bond acceptors (Lipinski definition) is 4. The fraction of sp³-hybridized carbons (Fsp3) is 0.211. The number of aromatic nitrogens is 1. The minimum atomic E-state index is -0.671. The highest BCUT2D eigenvalue weighted by molar-refractivity contribution is 6.34. The summed E-state index contributed by atoms with van der Waals surface area (Å²) in [5, 5.41) is 14.7. The Morgan fingerprint density at radius 1 is 1.24 bits per heavy atom. The van der Waals surface area contributed by atoms with Crippen LogP contribution in [-0.2, 0) is 6.54 Å². The highest BCUT2D eigenvalue weighted by atomic mass is 35.5. The van der Waals surface area contributed by atoms with E-state index in [0.717, 1.165) is 28.6 Å². The van der Waals surface area contributed by atoms with Gasteiger partial charge in [0, 0.05) is 17.6 Å². The van der Waals surface area contributed by atoms with Gasteiger partial charge in [-0.2, -0.15) is 0 Å². The van der Waals surface area contributed by atoms with Crippen LogP contribution in [0.4, 0.5) is 5.69 Å². The molecular formula is C19H19ClN2O3. The zero-order valence-electron chi connectivity index (χ0n) is 13.8. The second-order valence-corrected chi connectivity index (χ2v) is 6.07. The molecule has 0 aliphatic rings. The number of anilines is 1. The molecule has 0 saturated carbocycles. The molecule has 0 aliphatic heterocycles. The van der Waals surface area contributed by atoms with Gasteiger partial charge in [0.1, 0.15) is 10.9 Å². The van der Waals surface area contributed by atoms with Gasteiger partial charge in [-0.1, -0.05) is 29.8 Å². The highest BCUT2D eigenvalue weighted by Gasteiger charge is 2.17. The number of ether oxygens (including phenoxy) is 1. The smallest absolute Gasteiger partial charge is 0.153 e. The number of benzene rings is 2. The number of aliphatic hydroxyl groups is 1. The van der Waals surface area contributed by atoms with Crippen LogP contribution in [0, 0.1) is 0 Å². The largest absolute Gasteiger partial charge is 0.497 e. The molecule has 2 aromatic carbocycles. The first-order valence-electron chi connectivity index (χ1n) is 7.92. The van der Waals surface area contributed by atoms with Crippen LogP contribution in [0.15, 0.2) is 48.5 Å². The number of carbonyl (C=O) groups is 1. The van der Waals surface area contributed by atoms with E-state index >= 15 is 0 Å². The summed E-state index contributed by atoms with van der Waals surface area (Å²) in [5.41, 5.74) is 2.17. The number of hydrogen-bond donors (Lipinski definition) is 2. The number of nitrogens with zero attached hydrogens (tertiary/aromatic N) is 1. The lowest BCUT2D eigenvalue weighted by Crippen LogP contribution is -2.25. The van der Waals surface area contributed by atoms with Crippen LogP contribution < -0.4 is 10.1 Å². The molecule has 130 valence electrons. The van der Waals surface area contributed by atoms with E-state index in [1.54, 1.807) is 11.7 Å². The number of para-hydroxylation sites is 1. The predicted octanol–water partition coefficient (Wildman–Crippen LogP) is 3.59. The topological polar surface area (TPSA) is 63.5 Å². The van der Waals surface area contributed by atoms with Crippen molar-refractivity contribution in [2.24, 2.45) is 0 Å². The molecule has 0 amide bonds. The van der Waals surface area contributed by atoms with Gasteiger partial charge in [0.15, 0.2) is 6.29 Å². The SMILES string of the molecule is COc1ccc(NCC(O)Cn2c(Cl)c(C=O)c3ccccc32)cc1. The molecule has 1 aromatic heterocycles. The van der Waals surface area contributed by atoms with Gasteiger partial charge in [0.2, 0.25) is 0 Å². The van der Waals surface area contributed by atoms with Crippen LogP contribution in [-0.4, -0.2) is 35.7 Å². The van der Waals surface area contributed by atoms with E-state index in [1.165, 1.54) is 0 Å². The van der Waals surface area contributed by atoms with Gasteiger partial charge in [-0.05, 0) is 30.3 Å². The van der Waals surface area contributed by atoms with Crippen LogP contribution in [0.5, 0.6) is 5.75 Å². The van der Waals surface area contributed by atoms with Crippen molar-refractivity contribution in [3.05, 3.63) is 59.2 Å². The molecule has 3 rings (SSSR count). The summed E-state index contributed by atoms with van der Waals surface area (Å²) in [6.45, 7) is 0.641. The molecule has 25 heavy (non-hydrogen) atoms. The molecule has 1 unspecified atom stereocenters. The van der Waals surface area contributed by atoms with Gasteiger partial charge in [-0.3, -0.25) is 4.79 Å². The van der Waals surface area contributed by atoms with Crippen LogP contribution >= 0.6 is 11.6 Å². The molecule has 0 saturated heterocycles. The van der Waals surface area contributed by atoms with Gasteiger partial charge in [0.25, 0.3) is 0 Å². The third kappa shape index (κ3) is 3.62. The fourth-order valence-corrected chi connectivity index (χ4v) is 3.12. The number of methoxy groups -OCH3 is 1. The number of carbonyl (C=O) groups excluding carboxylic acids is 1. The Kier molecular flexibility index (Phi) is 5.26. The molecule has 6 heteroatoms. The Labute approximate surface area is 150 Å².